The number of rotatable bonds is 0. The second kappa shape index (κ2) is 1.59. The first-order valence-corrected chi connectivity index (χ1v) is 1.08. The molecule has 0 bridgehead atoms. The molecule has 0 aromatic carbocycles. The Morgan fingerprint density at radius 1 is 1.00 bits per heavy atom. The van der Waals surface area contributed by atoms with Crippen LogP contribution in [0.15, 0.2) is 12.0 Å². The maximum absolute atomic E-state index is 10.6. The second-order valence-corrected chi connectivity index (χ2v) is 0.582. The number of aliphatic hydroxyl groups excluding tert-OH is 2. The minimum absolute atomic E-state index is 2.19. The van der Waals surface area contributed by atoms with E-state index in [1.165, 1.54) is 0 Å². The first-order valence-electron chi connectivity index (χ1n) is 1.08. The predicted molar refractivity (Wildman–Crippen MR) is 14.5 cm³/mol. The lowest BCUT2D eigenvalue weighted by Gasteiger charge is -1.76. The summed E-state index contributed by atoms with van der Waals surface area (Å²) >= 11 is 0. The smallest absolute Gasteiger partial charge is 0.344 e. The average molecular weight is 96.0 g/mol. The van der Waals surface area contributed by atoms with Gasteiger partial charge in [0.05, 0.1) is 0 Å². The standard InChI is InChI=1S/C2H2F2O2/c3-1(5)2(4)6/h5-6H. The van der Waals surface area contributed by atoms with Gasteiger partial charge in [0.25, 0.3) is 0 Å². The van der Waals surface area contributed by atoms with Gasteiger partial charge in [0.2, 0.25) is 0 Å². The van der Waals surface area contributed by atoms with Crippen molar-refractivity contribution < 1.29 is 19.0 Å². The van der Waals surface area contributed by atoms with Gasteiger partial charge in [-0.3, -0.25) is 0 Å². The van der Waals surface area contributed by atoms with E-state index in [1.54, 1.807) is 0 Å². The molecule has 0 atom stereocenters. The summed E-state index contributed by atoms with van der Waals surface area (Å²) < 4.78 is 21.3. The van der Waals surface area contributed by atoms with Crippen LogP contribution in [0.5, 0.6) is 0 Å². The first-order chi connectivity index (χ1) is 2.64. The van der Waals surface area contributed by atoms with Crippen LogP contribution in [-0.4, -0.2) is 10.2 Å². The van der Waals surface area contributed by atoms with E-state index in [1.807, 2.05) is 0 Å². The number of halogens is 2. The molecule has 0 fully saturated rings. The van der Waals surface area contributed by atoms with Crippen LogP contribution >= 0.6 is 0 Å². The van der Waals surface area contributed by atoms with E-state index in [2.05, 4.69) is 0 Å². The summed E-state index contributed by atoms with van der Waals surface area (Å²) in [4.78, 5) is 0. The molecule has 0 aliphatic carbocycles. The van der Waals surface area contributed by atoms with Crippen molar-refractivity contribution in [3.8, 4) is 0 Å². The molecule has 0 aliphatic rings. The summed E-state index contributed by atoms with van der Waals surface area (Å²) in [5.41, 5.74) is 0. The Labute approximate surface area is 32.3 Å². The van der Waals surface area contributed by atoms with E-state index < -0.39 is 12.0 Å². The number of hydrogen-bond acceptors (Lipinski definition) is 2. The van der Waals surface area contributed by atoms with Crippen molar-refractivity contribution in [1.29, 1.82) is 0 Å². The Morgan fingerprint density at radius 3 is 1.17 bits per heavy atom. The molecule has 0 unspecified atom stereocenters. The fraction of sp³-hybridized carbons (Fsp3) is 0. The third-order valence-corrected chi connectivity index (χ3v) is 0.170. The van der Waals surface area contributed by atoms with Crippen LogP contribution in [0.1, 0.15) is 0 Å². The molecule has 0 rings (SSSR count). The van der Waals surface area contributed by atoms with Crippen molar-refractivity contribution in [3.05, 3.63) is 12.0 Å². The third-order valence-electron chi connectivity index (χ3n) is 0.170. The van der Waals surface area contributed by atoms with Crippen LogP contribution in [0.4, 0.5) is 8.78 Å². The normalized spacial score (nSPS) is 13.7. The van der Waals surface area contributed by atoms with E-state index >= 15 is 0 Å². The van der Waals surface area contributed by atoms with Gasteiger partial charge < -0.3 is 10.2 Å². The molecular formula is C2H2F2O2. The molecule has 2 N–H and O–H groups in total. The maximum Gasteiger partial charge on any atom is 0.344 e. The van der Waals surface area contributed by atoms with Crippen molar-refractivity contribution in [1.82, 2.24) is 0 Å². The predicted octanol–water partition coefficient (Wildman–Crippen LogP) is 1.17. The average Bonchev–Trinajstić information content (AvgIpc) is 1.36. The van der Waals surface area contributed by atoms with Gasteiger partial charge in [0.1, 0.15) is 0 Å². The van der Waals surface area contributed by atoms with Crippen LogP contribution in [-0.2, 0) is 0 Å². The molecule has 0 spiro atoms. The topological polar surface area (TPSA) is 40.5 Å². The zero-order valence-electron chi connectivity index (χ0n) is 2.65. The van der Waals surface area contributed by atoms with Crippen LogP contribution in [0.2, 0.25) is 0 Å². The minimum Gasteiger partial charge on any atom is -0.482 e. The quantitative estimate of drug-likeness (QED) is 0.444. The lowest BCUT2D eigenvalue weighted by molar-refractivity contribution is 0.179. The summed E-state index contributed by atoms with van der Waals surface area (Å²) in [6.45, 7) is 0. The van der Waals surface area contributed by atoms with E-state index in [4.69, 9.17) is 10.2 Å². The van der Waals surface area contributed by atoms with Crippen LogP contribution in [0.25, 0.3) is 0 Å². The summed E-state index contributed by atoms with van der Waals surface area (Å²) in [5.74, 6) is 0. The van der Waals surface area contributed by atoms with Crippen LogP contribution < -0.4 is 0 Å². The molecule has 0 heterocycles. The SMILES string of the molecule is OC(F)=C(O)F. The lowest BCUT2D eigenvalue weighted by Crippen LogP contribution is -1.72. The summed E-state index contributed by atoms with van der Waals surface area (Å²) in [6.07, 6.45) is 0. The van der Waals surface area contributed by atoms with E-state index in [9.17, 15) is 8.78 Å². The molecule has 0 amide bonds. The third kappa shape index (κ3) is 1.51. The fourth-order valence-electron chi connectivity index (χ4n) is 0. The van der Waals surface area contributed by atoms with Gasteiger partial charge in [-0.05, 0) is 0 Å². The van der Waals surface area contributed by atoms with Gasteiger partial charge in [-0.2, -0.15) is 8.78 Å². The lowest BCUT2D eigenvalue weighted by atomic mass is 11.0. The zero-order chi connectivity index (χ0) is 5.15. The van der Waals surface area contributed by atoms with Gasteiger partial charge >= 0.3 is 12.0 Å². The summed E-state index contributed by atoms with van der Waals surface area (Å²) in [5, 5.41) is 14.4. The van der Waals surface area contributed by atoms with E-state index in [-0.39, 0.29) is 0 Å². The summed E-state index contributed by atoms with van der Waals surface area (Å²) in [6, 6.07) is -4.37. The molecule has 4 heteroatoms. The molecule has 6 heavy (non-hydrogen) atoms. The molecule has 0 aliphatic heterocycles. The Morgan fingerprint density at radius 2 is 1.17 bits per heavy atom. The maximum atomic E-state index is 10.6. The highest BCUT2D eigenvalue weighted by Gasteiger charge is 1.94. The molecule has 36 valence electrons. The molecule has 0 aromatic heterocycles. The number of hydrogen-bond donors (Lipinski definition) is 2. The van der Waals surface area contributed by atoms with Crippen molar-refractivity contribution in [2.45, 2.75) is 0 Å². The van der Waals surface area contributed by atoms with Gasteiger partial charge in [-0.1, -0.05) is 0 Å². The summed E-state index contributed by atoms with van der Waals surface area (Å²) in [7, 11) is 0. The monoisotopic (exact) mass is 96.0 g/mol. The molecule has 0 aromatic rings. The first kappa shape index (κ1) is 5.20. The Balaban J connectivity index is 3.68. The van der Waals surface area contributed by atoms with Gasteiger partial charge in [-0.25, -0.2) is 0 Å². The molecule has 0 saturated heterocycles. The highest BCUT2D eigenvalue weighted by atomic mass is 19.2. The molecule has 0 radical (unpaired) electrons. The Hall–Kier alpha value is -0.800. The zero-order valence-corrected chi connectivity index (χ0v) is 2.65. The van der Waals surface area contributed by atoms with Crippen molar-refractivity contribution in [2.24, 2.45) is 0 Å². The van der Waals surface area contributed by atoms with E-state index in [0.717, 1.165) is 0 Å². The number of aliphatic hydroxyl groups is 2. The van der Waals surface area contributed by atoms with Crippen LogP contribution in [0.3, 0.4) is 0 Å². The van der Waals surface area contributed by atoms with Gasteiger partial charge in [0.15, 0.2) is 0 Å². The molecule has 2 nitrogen and oxygen atoms in total. The highest BCUT2D eigenvalue weighted by Crippen LogP contribution is 1.96. The highest BCUT2D eigenvalue weighted by molar-refractivity contribution is 4.75. The van der Waals surface area contributed by atoms with Gasteiger partial charge in [-0.15, -0.1) is 0 Å². The van der Waals surface area contributed by atoms with Crippen molar-refractivity contribution >= 4 is 0 Å². The Kier molecular flexibility index (Phi) is 1.38. The molecular weight excluding hydrogens is 94.0 g/mol. The molecule has 0 saturated carbocycles. The van der Waals surface area contributed by atoms with Crippen molar-refractivity contribution in [2.75, 3.05) is 0 Å². The largest absolute Gasteiger partial charge is 0.482 e. The van der Waals surface area contributed by atoms with Crippen LogP contribution in [0, 0.1) is 0 Å². The second-order valence-electron chi connectivity index (χ2n) is 0.582. The van der Waals surface area contributed by atoms with E-state index in [0.29, 0.717) is 0 Å². The van der Waals surface area contributed by atoms with Crippen molar-refractivity contribution in [3.63, 3.8) is 0 Å². The Bertz CT molecular complexity index is 59.6. The van der Waals surface area contributed by atoms with Gasteiger partial charge in [0, 0.05) is 0 Å². The minimum atomic E-state index is -2.19. The fourth-order valence-corrected chi connectivity index (χ4v) is 0.